The molecule has 0 unspecified atom stereocenters. The molecule has 4 heteroatoms. The number of allylic oxidation sites excluding steroid dienone is 3. The molecule has 0 aromatic heterocycles. The maximum absolute atomic E-state index is 10.7. The van der Waals surface area contributed by atoms with E-state index in [9.17, 15) is 8.42 Å². The third-order valence-electron chi connectivity index (χ3n) is 0.918. The van der Waals surface area contributed by atoms with Crippen molar-refractivity contribution < 1.29 is 8.42 Å². The Morgan fingerprint density at radius 1 is 1.55 bits per heavy atom. The lowest BCUT2D eigenvalue weighted by Crippen LogP contribution is -2.13. The van der Waals surface area contributed by atoms with E-state index in [1.807, 2.05) is 0 Å². The number of hydrogen-bond acceptors (Lipinski definition) is 2. The van der Waals surface area contributed by atoms with Crippen molar-refractivity contribution in [2.45, 2.75) is 6.92 Å². The van der Waals surface area contributed by atoms with Gasteiger partial charge in [0.05, 0.1) is 4.91 Å². The fourth-order valence-electron chi connectivity index (χ4n) is 0.500. The van der Waals surface area contributed by atoms with Gasteiger partial charge in [-0.05, 0) is 19.1 Å². The highest BCUT2D eigenvalue weighted by atomic mass is 32.2. The zero-order valence-corrected chi connectivity index (χ0v) is 7.19. The van der Waals surface area contributed by atoms with Gasteiger partial charge >= 0.3 is 0 Å². The van der Waals surface area contributed by atoms with Crippen LogP contribution in [-0.2, 0) is 10.0 Å². The van der Waals surface area contributed by atoms with Gasteiger partial charge in [-0.3, -0.25) is 0 Å². The molecule has 0 bridgehead atoms. The lowest BCUT2D eigenvalue weighted by atomic mass is 10.3. The summed E-state index contributed by atoms with van der Waals surface area (Å²) in [5, 5.41) is 4.83. The van der Waals surface area contributed by atoms with Crippen LogP contribution < -0.4 is 5.14 Å². The highest BCUT2D eigenvalue weighted by Gasteiger charge is 2.06. The van der Waals surface area contributed by atoms with Crippen molar-refractivity contribution in [2.75, 3.05) is 0 Å². The molecule has 0 amide bonds. The Bertz CT molecular complexity index is 298. The van der Waals surface area contributed by atoms with Crippen LogP contribution in [0.5, 0.6) is 0 Å². The molecule has 0 heterocycles. The average Bonchev–Trinajstić information content (AvgIpc) is 1.79. The van der Waals surface area contributed by atoms with Crippen molar-refractivity contribution in [1.29, 1.82) is 0 Å². The van der Waals surface area contributed by atoms with E-state index in [0.717, 1.165) is 0 Å². The molecule has 0 rings (SSSR count). The molecule has 0 spiro atoms. The quantitative estimate of drug-likeness (QED) is 0.645. The molecule has 0 aliphatic carbocycles. The van der Waals surface area contributed by atoms with E-state index in [1.165, 1.54) is 12.2 Å². The third kappa shape index (κ3) is 3.75. The lowest BCUT2D eigenvalue weighted by Gasteiger charge is -1.96. The van der Waals surface area contributed by atoms with Crippen LogP contribution in [-0.4, -0.2) is 8.42 Å². The summed E-state index contributed by atoms with van der Waals surface area (Å²) in [5.41, 5.74) is 0.619. The summed E-state index contributed by atoms with van der Waals surface area (Å²) in [7, 11) is -3.63. The second-order valence-electron chi connectivity index (χ2n) is 2.14. The minimum Gasteiger partial charge on any atom is -0.225 e. The van der Waals surface area contributed by atoms with E-state index in [1.54, 1.807) is 6.92 Å². The molecule has 62 valence electrons. The summed E-state index contributed by atoms with van der Waals surface area (Å²) in [6, 6.07) is 0. The molecule has 3 nitrogen and oxygen atoms in total. The van der Waals surface area contributed by atoms with Crippen LogP contribution in [0.4, 0.5) is 0 Å². The normalized spacial score (nSPS) is 12.7. The smallest absolute Gasteiger partial charge is 0.225 e. The Balaban J connectivity index is 5.00. The zero-order valence-electron chi connectivity index (χ0n) is 6.37. The molecular weight excluding hydrogens is 162 g/mol. The molecule has 0 aliphatic rings. The number of nitrogens with two attached hydrogens (primary N) is 1. The highest BCUT2D eigenvalue weighted by Crippen LogP contribution is 2.05. The van der Waals surface area contributed by atoms with Crippen LogP contribution in [0.2, 0.25) is 0 Å². The van der Waals surface area contributed by atoms with Crippen molar-refractivity contribution in [1.82, 2.24) is 0 Å². The van der Waals surface area contributed by atoms with Crippen molar-refractivity contribution in [3.63, 3.8) is 0 Å². The molecular formula is C7H11NO2S. The number of hydrogen-bond donors (Lipinski definition) is 1. The van der Waals surface area contributed by atoms with Gasteiger partial charge in [-0.2, -0.15) is 0 Å². The van der Waals surface area contributed by atoms with E-state index in [2.05, 4.69) is 13.2 Å². The summed E-state index contributed by atoms with van der Waals surface area (Å²) < 4.78 is 21.4. The maximum atomic E-state index is 10.7. The molecule has 0 aliphatic heterocycles. The first-order valence-electron chi connectivity index (χ1n) is 2.90. The van der Waals surface area contributed by atoms with Gasteiger partial charge < -0.3 is 0 Å². The van der Waals surface area contributed by atoms with Gasteiger partial charge in [0.2, 0.25) is 10.0 Å². The fraction of sp³-hybridized carbons (Fsp3) is 0.143. The second kappa shape index (κ2) is 3.50. The van der Waals surface area contributed by atoms with Gasteiger partial charge in [0, 0.05) is 0 Å². The van der Waals surface area contributed by atoms with Crippen LogP contribution in [0.15, 0.2) is 35.8 Å². The van der Waals surface area contributed by atoms with E-state index >= 15 is 0 Å². The molecule has 0 radical (unpaired) electrons. The molecule has 0 saturated heterocycles. The van der Waals surface area contributed by atoms with Crippen molar-refractivity contribution >= 4 is 10.0 Å². The molecule has 0 aromatic rings. The lowest BCUT2D eigenvalue weighted by molar-refractivity contribution is 0.604. The minimum atomic E-state index is -3.63. The zero-order chi connectivity index (χ0) is 9.07. The molecule has 0 aromatic carbocycles. The predicted molar refractivity (Wildman–Crippen MR) is 46.2 cm³/mol. The van der Waals surface area contributed by atoms with Gasteiger partial charge in [-0.15, -0.1) is 0 Å². The third-order valence-corrected chi connectivity index (χ3v) is 1.86. The van der Waals surface area contributed by atoms with Gasteiger partial charge in [-0.1, -0.05) is 18.7 Å². The van der Waals surface area contributed by atoms with Crippen molar-refractivity contribution in [3.05, 3.63) is 35.8 Å². The SMILES string of the molecule is C=C/C(=C\C(=C)C)S(N)(=O)=O. The summed E-state index contributed by atoms with van der Waals surface area (Å²) in [6.07, 6.45) is 2.55. The first kappa shape index (κ1) is 10.1. The maximum Gasteiger partial charge on any atom is 0.238 e. The highest BCUT2D eigenvalue weighted by molar-refractivity contribution is 7.93. The van der Waals surface area contributed by atoms with Crippen molar-refractivity contribution in [2.24, 2.45) is 5.14 Å². The first-order chi connectivity index (χ1) is 4.88. The van der Waals surface area contributed by atoms with E-state index < -0.39 is 10.0 Å². The summed E-state index contributed by atoms with van der Waals surface area (Å²) in [5.74, 6) is 0. The summed E-state index contributed by atoms with van der Waals surface area (Å²) in [4.78, 5) is -0.00926. The van der Waals surface area contributed by atoms with Gasteiger partial charge in [-0.25, -0.2) is 13.6 Å². The monoisotopic (exact) mass is 173 g/mol. The van der Waals surface area contributed by atoms with Gasteiger partial charge in [0.1, 0.15) is 0 Å². The molecule has 0 fully saturated rings. The Morgan fingerprint density at radius 3 is 2.09 bits per heavy atom. The van der Waals surface area contributed by atoms with Crippen molar-refractivity contribution in [3.8, 4) is 0 Å². The van der Waals surface area contributed by atoms with Crippen LogP contribution in [0, 0.1) is 0 Å². The fourth-order valence-corrected chi connectivity index (χ4v) is 1.10. The molecule has 0 saturated carbocycles. The van der Waals surface area contributed by atoms with Gasteiger partial charge in [0.15, 0.2) is 0 Å². The Hall–Kier alpha value is -0.870. The number of primary sulfonamides is 1. The largest absolute Gasteiger partial charge is 0.238 e. The standard InChI is InChI=1S/C7H11NO2S/c1-4-7(5-6(2)3)11(8,9)10/h4-5H,1-2H2,3H3,(H2,8,9,10)/b7-5+. The van der Waals surface area contributed by atoms with Crippen LogP contribution in [0.1, 0.15) is 6.92 Å². The topological polar surface area (TPSA) is 60.2 Å². The van der Waals surface area contributed by atoms with Crippen LogP contribution in [0.3, 0.4) is 0 Å². The number of rotatable bonds is 3. The summed E-state index contributed by atoms with van der Waals surface area (Å²) >= 11 is 0. The van der Waals surface area contributed by atoms with E-state index in [-0.39, 0.29) is 4.91 Å². The van der Waals surface area contributed by atoms with Crippen LogP contribution >= 0.6 is 0 Å². The first-order valence-corrected chi connectivity index (χ1v) is 4.45. The predicted octanol–water partition coefficient (Wildman–Crippen LogP) is 0.921. The minimum absolute atomic E-state index is 0.00926. The second-order valence-corrected chi connectivity index (χ2v) is 3.70. The molecule has 2 N–H and O–H groups in total. The molecule has 0 atom stereocenters. The number of sulfonamides is 1. The molecule has 11 heavy (non-hydrogen) atoms. The Labute approximate surface area is 67.0 Å². The van der Waals surface area contributed by atoms with Crippen LogP contribution in [0.25, 0.3) is 0 Å². The Morgan fingerprint density at radius 2 is 2.00 bits per heavy atom. The Kier molecular flexibility index (Phi) is 3.22. The average molecular weight is 173 g/mol. The van der Waals surface area contributed by atoms with E-state index in [0.29, 0.717) is 5.57 Å². The summed E-state index contributed by atoms with van der Waals surface area (Å²) in [6.45, 7) is 8.50. The van der Waals surface area contributed by atoms with E-state index in [4.69, 9.17) is 5.14 Å². The van der Waals surface area contributed by atoms with Gasteiger partial charge in [0.25, 0.3) is 0 Å².